The van der Waals surface area contributed by atoms with Gasteiger partial charge in [-0.2, -0.15) is 0 Å². The minimum atomic E-state index is 0.198. The molecule has 4 atom stereocenters. The Bertz CT molecular complexity index is 844. The third-order valence-corrected chi connectivity index (χ3v) is 10.8. The molecule has 0 aromatic heterocycles. The molecule has 1 aliphatic carbocycles. The van der Waals surface area contributed by atoms with Crippen LogP contribution in [-0.2, 0) is 9.59 Å². The molecular weight excluding hydrogens is 617 g/mol. The van der Waals surface area contributed by atoms with Crippen molar-refractivity contribution in [1.82, 2.24) is 21.3 Å². The van der Waals surface area contributed by atoms with Gasteiger partial charge in [-0.15, -0.1) is 0 Å². The van der Waals surface area contributed by atoms with E-state index < -0.39 is 0 Å². The van der Waals surface area contributed by atoms with Crippen LogP contribution in [0.4, 0.5) is 0 Å². The highest BCUT2D eigenvalue weighted by molar-refractivity contribution is 5.75. The van der Waals surface area contributed by atoms with E-state index in [2.05, 4.69) is 59.4 Å². The van der Waals surface area contributed by atoms with Gasteiger partial charge in [-0.05, 0) is 82.6 Å². The molecule has 1 rings (SSSR count). The normalized spacial score (nSPS) is 19.0. The molecule has 4 unspecified atom stereocenters. The molecule has 50 heavy (non-hydrogen) atoms. The summed E-state index contributed by atoms with van der Waals surface area (Å²) in [5.41, 5.74) is 0. The molecule has 0 bridgehead atoms. The topological polar surface area (TPSA) is 82.3 Å². The first-order valence-electron chi connectivity index (χ1n) is 21.7. The largest absolute Gasteiger partial charge is 0.355 e. The van der Waals surface area contributed by atoms with Crippen LogP contribution in [0.5, 0.6) is 0 Å². The van der Waals surface area contributed by atoms with Gasteiger partial charge in [-0.1, -0.05) is 134 Å². The van der Waals surface area contributed by atoms with Crippen molar-refractivity contribution in [2.75, 3.05) is 46.3 Å². The van der Waals surface area contributed by atoms with Crippen molar-refractivity contribution in [2.24, 2.45) is 23.7 Å². The average Bonchev–Trinajstić information content (AvgIpc) is 3.10. The third-order valence-electron chi connectivity index (χ3n) is 10.8. The molecule has 0 aromatic rings. The van der Waals surface area contributed by atoms with E-state index in [4.69, 9.17) is 0 Å². The number of amides is 1. The first kappa shape index (κ1) is 46.5. The molecule has 0 saturated heterocycles. The molecular formula is C44H84N4O2. The summed E-state index contributed by atoms with van der Waals surface area (Å²) in [7, 11) is 1.97. The highest BCUT2D eigenvalue weighted by atomic mass is 16.1. The van der Waals surface area contributed by atoms with Gasteiger partial charge >= 0.3 is 0 Å². The summed E-state index contributed by atoms with van der Waals surface area (Å²) in [6.45, 7) is 11.7. The number of unbranched alkanes of at least 4 members (excludes halogenated alkanes) is 15. The van der Waals surface area contributed by atoms with Gasteiger partial charge in [0.15, 0.2) is 0 Å². The number of allylic oxidation sites excluding steroid dienone is 4. The van der Waals surface area contributed by atoms with Crippen LogP contribution in [0.25, 0.3) is 0 Å². The van der Waals surface area contributed by atoms with Crippen LogP contribution in [0.3, 0.4) is 0 Å². The van der Waals surface area contributed by atoms with Gasteiger partial charge in [0, 0.05) is 52.1 Å². The molecule has 4 N–H and O–H groups in total. The van der Waals surface area contributed by atoms with E-state index in [1.807, 2.05) is 7.05 Å². The van der Waals surface area contributed by atoms with Gasteiger partial charge in [0.25, 0.3) is 0 Å². The zero-order chi connectivity index (χ0) is 36.3. The van der Waals surface area contributed by atoms with Gasteiger partial charge in [-0.3, -0.25) is 4.79 Å². The minimum Gasteiger partial charge on any atom is -0.355 e. The molecule has 6 nitrogen and oxygen atoms in total. The predicted octanol–water partition coefficient (Wildman–Crippen LogP) is 10.1. The number of likely N-dealkylation sites (N-methyl/N-ethyl adjacent to an activating group) is 1. The fourth-order valence-electron chi connectivity index (χ4n) is 7.70. The lowest BCUT2D eigenvalue weighted by molar-refractivity contribution is -0.121. The number of nitrogens with one attached hydrogen (secondary N) is 4. The van der Waals surface area contributed by atoms with Crippen LogP contribution in [0, 0.1) is 23.7 Å². The summed E-state index contributed by atoms with van der Waals surface area (Å²) in [5, 5.41) is 12.9. The Kier molecular flexibility index (Phi) is 32.2. The number of ketones is 1. The van der Waals surface area contributed by atoms with Crippen molar-refractivity contribution in [2.45, 2.75) is 175 Å². The summed E-state index contributed by atoms with van der Waals surface area (Å²) in [6, 6.07) is 0. The maximum atomic E-state index is 12.2. The lowest BCUT2D eigenvalue weighted by Gasteiger charge is -2.39. The summed E-state index contributed by atoms with van der Waals surface area (Å²) in [5.74, 6) is 3.44. The highest BCUT2D eigenvalue weighted by Gasteiger charge is 2.33. The number of rotatable bonds is 36. The number of Topliss-reactive ketones (excluding diaryl/α,β-unsaturated/α-hetero) is 1. The fourth-order valence-corrected chi connectivity index (χ4v) is 7.70. The standard InChI is InChI=1S/C44H84N4O2/c1-5-7-9-14-22-28-43-41(27-21-16-11-13-18-24-30-44(50)48-38-37-47-36-35-46-34-33-45-4)32-31-40(26-19-8-6-2)42(43)29-23-17-12-10-15-20-25-39(3)49/h22,28,31-32,40-43,45-47H,5-21,23-27,29-30,33-38H2,1-4H3,(H,48,50). The zero-order valence-corrected chi connectivity index (χ0v) is 33.6. The quantitative estimate of drug-likeness (QED) is 0.0386. The van der Waals surface area contributed by atoms with Crippen LogP contribution < -0.4 is 21.3 Å². The molecule has 1 amide bonds. The first-order valence-corrected chi connectivity index (χ1v) is 21.7. The minimum absolute atomic E-state index is 0.198. The van der Waals surface area contributed by atoms with E-state index >= 15 is 0 Å². The van der Waals surface area contributed by atoms with Crippen molar-refractivity contribution in [3.05, 3.63) is 24.3 Å². The molecule has 1 aliphatic rings. The monoisotopic (exact) mass is 701 g/mol. The molecule has 0 aromatic carbocycles. The second-order valence-corrected chi connectivity index (χ2v) is 15.3. The third kappa shape index (κ3) is 26.3. The smallest absolute Gasteiger partial charge is 0.220 e. The number of hydrogen-bond donors (Lipinski definition) is 4. The number of carbonyl (C=O) groups is 2. The van der Waals surface area contributed by atoms with Crippen molar-refractivity contribution in [1.29, 1.82) is 0 Å². The molecule has 0 radical (unpaired) electrons. The van der Waals surface area contributed by atoms with E-state index in [0.717, 1.165) is 70.2 Å². The molecule has 292 valence electrons. The van der Waals surface area contributed by atoms with E-state index in [1.165, 1.54) is 122 Å². The number of carbonyl (C=O) groups excluding carboxylic acids is 2. The Hall–Kier alpha value is -1.50. The molecule has 0 spiro atoms. The van der Waals surface area contributed by atoms with E-state index in [-0.39, 0.29) is 5.91 Å². The molecule has 0 fully saturated rings. The zero-order valence-electron chi connectivity index (χ0n) is 33.6. The van der Waals surface area contributed by atoms with Gasteiger partial charge in [0.05, 0.1) is 0 Å². The first-order chi connectivity index (χ1) is 24.5. The Labute approximate surface area is 311 Å². The number of hydrogen-bond acceptors (Lipinski definition) is 5. The van der Waals surface area contributed by atoms with Crippen molar-refractivity contribution < 1.29 is 9.59 Å². The summed E-state index contributed by atoms with van der Waals surface area (Å²) >= 11 is 0. The van der Waals surface area contributed by atoms with E-state index in [9.17, 15) is 9.59 Å². The average molecular weight is 701 g/mol. The molecule has 0 saturated carbocycles. The van der Waals surface area contributed by atoms with Crippen LogP contribution in [0.1, 0.15) is 175 Å². The Morgan fingerprint density at radius 2 is 1.10 bits per heavy atom. The molecule has 0 aliphatic heterocycles. The summed E-state index contributed by atoms with van der Waals surface area (Å²) in [6.07, 6.45) is 40.1. The molecule has 0 heterocycles. The van der Waals surface area contributed by atoms with Crippen LogP contribution in [-0.4, -0.2) is 58.0 Å². The SMILES string of the molecule is CCCCCC=CC1C(CCCCCCCCC(=O)NCCNCCNCCNC)C=CC(CCCCC)C1CCCCCCCCC(C)=O. The molecule has 6 heteroatoms. The van der Waals surface area contributed by atoms with Crippen molar-refractivity contribution in [3.8, 4) is 0 Å². The Morgan fingerprint density at radius 3 is 1.76 bits per heavy atom. The van der Waals surface area contributed by atoms with Crippen LogP contribution in [0.15, 0.2) is 24.3 Å². The van der Waals surface area contributed by atoms with Gasteiger partial charge in [0.2, 0.25) is 5.91 Å². The maximum absolute atomic E-state index is 12.2. The van der Waals surface area contributed by atoms with Gasteiger partial charge in [-0.25, -0.2) is 0 Å². The lowest BCUT2D eigenvalue weighted by atomic mass is 9.66. The van der Waals surface area contributed by atoms with E-state index in [1.54, 1.807) is 6.92 Å². The van der Waals surface area contributed by atoms with Crippen LogP contribution in [0.2, 0.25) is 0 Å². The lowest BCUT2D eigenvalue weighted by Crippen LogP contribution is -2.36. The second-order valence-electron chi connectivity index (χ2n) is 15.3. The van der Waals surface area contributed by atoms with Gasteiger partial charge in [0.1, 0.15) is 5.78 Å². The Balaban J connectivity index is 2.47. The highest BCUT2D eigenvalue weighted by Crippen LogP contribution is 2.43. The second kappa shape index (κ2) is 34.6. The van der Waals surface area contributed by atoms with Crippen molar-refractivity contribution in [3.63, 3.8) is 0 Å². The summed E-state index contributed by atoms with van der Waals surface area (Å²) in [4.78, 5) is 23.5. The van der Waals surface area contributed by atoms with Crippen molar-refractivity contribution >= 4 is 11.7 Å². The predicted molar refractivity (Wildman–Crippen MR) is 218 cm³/mol. The maximum Gasteiger partial charge on any atom is 0.220 e. The van der Waals surface area contributed by atoms with E-state index in [0.29, 0.717) is 30.6 Å². The Morgan fingerprint density at radius 1 is 0.580 bits per heavy atom. The summed E-state index contributed by atoms with van der Waals surface area (Å²) < 4.78 is 0. The van der Waals surface area contributed by atoms with Crippen LogP contribution >= 0.6 is 0 Å². The fraction of sp³-hybridized carbons (Fsp3) is 0.864. The van der Waals surface area contributed by atoms with Gasteiger partial charge < -0.3 is 26.1 Å².